The molecule has 0 bridgehead atoms. The third-order valence-corrected chi connectivity index (χ3v) is 4.17. The minimum Gasteiger partial charge on any atom is -0.363 e. The highest BCUT2D eigenvalue weighted by atomic mass is 35.5. The van der Waals surface area contributed by atoms with Crippen LogP contribution in [0.4, 0.5) is 11.6 Å². The number of amides is 1. The van der Waals surface area contributed by atoms with Crippen LogP contribution in [0.25, 0.3) is 0 Å². The first kappa shape index (κ1) is 16.4. The Morgan fingerprint density at radius 2 is 1.88 bits per heavy atom. The maximum absolute atomic E-state index is 12.7. The van der Waals surface area contributed by atoms with Gasteiger partial charge in [-0.1, -0.05) is 11.6 Å². The van der Waals surface area contributed by atoms with E-state index in [1.165, 1.54) is 6.33 Å². The molecule has 0 aromatic carbocycles. The Balaban J connectivity index is 1.66. The maximum Gasteiger partial charge on any atom is 0.254 e. The van der Waals surface area contributed by atoms with Crippen molar-refractivity contribution in [1.29, 1.82) is 0 Å². The van der Waals surface area contributed by atoms with Crippen LogP contribution in [0.2, 0.25) is 5.15 Å². The Morgan fingerprint density at radius 1 is 1.12 bits per heavy atom. The van der Waals surface area contributed by atoms with Crippen LogP contribution in [0.15, 0.2) is 30.7 Å². The number of piperazine rings is 1. The third-order valence-electron chi connectivity index (χ3n) is 3.96. The predicted molar refractivity (Wildman–Crippen MR) is 93.7 cm³/mol. The lowest BCUT2D eigenvalue weighted by Crippen LogP contribution is -2.49. The van der Waals surface area contributed by atoms with E-state index < -0.39 is 0 Å². The van der Waals surface area contributed by atoms with E-state index in [0.717, 1.165) is 11.6 Å². The lowest BCUT2D eigenvalue weighted by atomic mass is 10.2. The second-order valence-electron chi connectivity index (χ2n) is 5.78. The van der Waals surface area contributed by atoms with E-state index in [1.807, 2.05) is 30.0 Å². The number of hydrogen-bond acceptors (Lipinski definition) is 6. The summed E-state index contributed by atoms with van der Waals surface area (Å²) in [4.78, 5) is 30.9. The summed E-state index contributed by atoms with van der Waals surface area (Å²) in [5.74, 6) is 1.59. The first-order valence-electron chi connectivity index (χ1n) is 7.70. The van der Waals surface area contributed by atoms with Crippen molar-refractivity contribution in [2.45, 2.75) is 0 Å². The highest BCUT2D eigenvalue weighted by molar-refractivity contribution is 6.29. The summed E-state index contributed by atoms with van der Waals surface area (Å²) in [5, 5.41) is 0.423. The molecule has 0 aliphatic carbocycles. The Hall–Kier alpha value is -2.41. The fraction of sp³-hybridized carbons (Fsp3) is 0.375. The van der Waals surface area contributed by atoms with Crippen LogP contribution < -0.4 is 9.80 Å². The quantitative estimate of drug-likeness (QED) is 0.786. The zero-order valence-corrected chi connectivity index (χ0v) is 14.4. The van der Waals surface area contributed by atoms with Crippen molar-refractivity contribution in [3.63, 3.8) is 0 Å². The smallest absolute Gasteiger partial charge is 0.254 e. The molecule has 7 nitrogen and oxygen atoms in total. The van der Waals surface area contributed by atoms with E-state index >= 15 is 0 Å². The van der Waals surface area contributed by atoms with Gasteiger partial charge in [0.25, 0.3) is 5.91 Å². The molecule has 8 heteroatoms. The van der Waals surface area contributed by atoms with E-state index in [4.69, 9.17) is 11.6 Å². The molecule has 1 fully saturated rings. The standard InChI is InChI=1S/C16H19ClN6O/c1-21(2)14-9-12(3-4-18-14)16(24)23-7-5-22(6-8-23)15-10-13(17)19-11-20-15/h3-4,9-11H,5-8H2,1-2H3. The van der Waals surface area contributed by atoms with Crippen LogP contribution in [0.1, 0.15) is 10.4 Å². The Labute approximate surface area is 145 Å². The maximum atomic E-state index is 12.7. The minimum absolute atomic E-state index is 0.0286. The number of carbonyl (C=O) groups is 1. The van der Waals surface area contributed by atoms with Crippen LogP contribution in [0.3, 0.4) is 0 Å². The van der Waals surface area contributed by atoms with Gasteiger partial charge < -0.3 is 14.7 Å². The van der Waals surface area contributed by atoms with Gasteiger partial charge >= 0.3 is 0 Å². The average molecular weight is 347 g/mol. The summed E-state index contributed by atoms with van der Waals surface area (Å²) in [6.45, 7) is 2.70. The predicted octanol–water partition coefficient (Wildman–Crippen LogP) is 1.55. The molecule has 3 heterocycles. The third kappa shape index (κ3) is 3.56. The number of anilines is 2. The molecule has 1 amide bonds. The molecule has 3 rings (SSSR count). The van der Waals surface area contributed by atoms with Crippen LogP contribution in [-0.4, -0.2) is 66.0 Å². The van der Waals surface area contributed by atoms with Crippen molar-refractivity contribution in [3.8, 4) is 0 Å². The topological polar surface area (TPSA) is 65.5 Å². The molecule has 24 heavy (non-hydrogen) atoms. The number of aromatic nitrogens is 3. The van der Waals surface area contributed by atoms with Crippen molar-refractivity contribution in [1.82, 2.24) is 19.9 Å². The summed E-state index contributed by atoms with van der Waals surface area (Å²) in [7, 11) is 3.81. The van der Waals surface area contributed by atoms with E-state index in [-0.39, 0.29) is 5.91 Å². The number of hydrogen-bond donors (Lipinski definition) is 0. The van der Waals surface area contributed by atoms with E-state index in [2.05, 4.69) is 19.9 Å². The molecule has 0 radical (unpaired) electrons. The van der Waals surface area contributed by atoms with Crippen molar-refractivity contribution >= 4 is 29.1 Å². The molecule has 1 saturated heterocycles. The van der Waals surface area contributed by atoms with E-state index in [0.29, 0.717) is 36.9 Å². The van der Waals surface area contributed by atoms with E-state index in [9.17, 15) is 4.79 Å². The van der Waals surface area contributed by atoms with Gasteiger partial charge in [0.15, 0.2) is 0 Å². The molecule has 0 saturated carbocycles. The second-order valence-corrected chi connectivity index (χ2v) is 6.16. The zero-order valence-electron chi connectivity index (χ0n) is 13.7. The Bertz CT molecular complexity index is 730. The lowest BCUT2D eigenvalue weighted by Gasteiger charge is -2.35. The Morgan fingerprint density at radius 3 is 2.54 bits per heavy atom. The first-order chi connectivity index (χ1) is 11.5. The van der Waals surface area contributed by atoms with Gasteiger partial charge in [-0.15, -0.1) is 0 Å². The van der Waals surface area contributed by atoms with E-state index in [1.54, 1.807) is 18.3 Å². The van der Waals surface area contributed by atoms with Crippen molar-refractivity contribution < 1.29 is 4.79 Å². The zero-order chi connectivity index (χ0) is 17.1. The molecular formula is C16H19ClN6O. The molecule has 2 aromatic rings. The van der Waals surface area contributed by atoms with Crippen molar-refractivity contribution in [3.05, 3.63) is 41.4 Å². The molecule has 0 unspecified atom stereocenters. The fourth-order valence-corrected chi connectivity index (χ4v) is 2.76. The highest BCUT2D eigenvalue weighted by Gasteiger charge is 2.23. The number of nitrogens with zero attached hydrogens (tertiary/aromatic N) is 6. The van der Waals surface area contributed by atoms with Crippen LogP contribution >= 0.6 is 11.6 Å². The monoisotopic (exact) mass is 346 g/mol. The lowest BCUT2D eigenvalue weighted by molar-refractivity contribution is 0.0746. The average Bonchev–Trinajstić information content (AvgIpc) is 2.61. The van der Waals surface area contributed by atoms with Gasteiger partial charge in [0.2, 0.25) is 0 Å². The van der Waals surface area contributed by atoms with Crippen LogP contribution in [0.5, 0.6) is 0 Å². The van der Waals surface area contributed by atoms with Gasteiger partial charge in [0, 0.05) is 58.1 Å². The highest BCUT2D eigenvalue weighted by Crippen LogP contribution is 2.18. The number of pyridine rings is 1. The van der Waals surface area contributed by atoms with Gasteiger partial charge in [-0.25, -0.2) is 15.0 Å². The Kier molecular flexibility index (Phi) is 4.80. The largest absolute Gasteiger partial charge is 0.363 e. The SMILES string of the molecule is CN(C)c1cc(C(=O)N2CCN(c3cc(Cl)ncn3)CC2)ccn1. The molecule has 1 aliphatic heterocycles. The number of rotatable bonds is 3. The second kappa shape index (κ2) is 7.00. The molecule has 0 atom stereocenters. The summed E-state index contributed by atoms with van der Waals surface area (Å²) in [6.07, 6.45) is 3.12. The first-order valence-corrected chi connectivity index (χ1v) is 8.07. The number of carbonyl (C=O) groups excluding carboxylic acids is 1. The van der Waals surface area contributed by atoms with Gasteiger partial charge in [-0.05, 0) is 12.1 Å². The van der Waals surface area contributed by atoms with Gasteiger partial charge in [0.05, 0.1) is 0 Å². The summed E-state index contributed by atoms with van der Waals surface area (Å²) < 4.78 is 0. The van der Waals surface area contributed by atoms with Gasteiger partial charge in [0.1, 0.15) is 23.1 Å². The molecule has 0 N–H and O–H groups in total. The fourth-order valence-electron chi connectivity index (χ4n) is 2.61. The summed E-state index contributed by atoms with van der Waals surface area (Å²) in [5.41, 5.74) is 0.659. The molecule has 0 spiro atoms. The van der Waals surface area contributed by atoms with Crippen LogP contribution in [-0.2, 0) is 0 Å². The summed E-state index contributed by atoms with van der Waals surface area (Å²) in [6, 6.07) is 5.32. The normalized spacial score (nSPS) is 14.6. The molecular weight excluding hydrogens is 328 g/mol. The minimum atomic E-state index is 0.0286. The molecule has 1 aliphatic rings. The summed E-state index contributed by atoms with van der Waals surface area (Å²) >= 11 is 5.91. The van der Waals surface area contributed by atoms with Gasteiger partial charge in [-0.2, -0.15) is 0 Å². The molecule has 2 aromatic heterocycles. The van der Waals surface area contributed by atoms with Crippen molar-refractivity contribution in [2.75, 3.05) is 50.1 Å². The number of halogens is 1. The van der Waals surface area contributed by atoms with Gasteiger partial charge in [-0.3, -0.25) is 4.79 Å². The van der Waals surface area contributed by atoms with Crippen molar-refractivity contribution in [2.24, 2.45) is 0 Å². The van der Waals surface area contributed by atoms with Crippen LogP contribution in [0, 0.1) is 0 Å². The molecule has 126 valence electrons.